The Morgan fingerprint density at radius 2 is 0.529 bits per heavy atom. The van der Waals surface area contributed by atoms with Crippen LogP contribution in [0.5, 0.6) is 0 Å². The second-order valence-corrected chi connectivity index (χ2v) is 28.0. The average molecular weight is 1240 g/mol. The molecule has 0 saturated heterocycles. The fraction of sp³-hybridized carbons (Fsp3) is 0.667. The number of rotatable bonds is 48. The molecule has 0 radical (unpaired) electrons. The van der Waals surface area contributed by atoms with Gasteiger partial charge in [-0.1, -0.05) is 343 Å². The molecule has 6 rings (SSSR count). The normalized spacial score (nSPS) is 16.3. The molecular formula is C72H114CaN4O6S2. The molecule has 4 aromatic rings. The van der Waals surface area contributed by atoms with Gasteiger partial charge in [0.25, 0.3) is 0 Å². The van der Waals surface area contributed by atoms with E-state index in [-0.39, 0.29) is 50.6 Å². The number of para-hydroxylation sites is 4. The van der Waals surface area contributed by atoms with Gasteiger partial charge in [-0.3, -0.25) is 0 Å². The van der Waals surface area contributed by atoms with Gasteiger partial charge in [0.2, 0.25) is 9.99 Å². The summed E-state index contributed by atoms with van der Waals surface area (Å²) >= 11 is 0. The van der Waals surface area contributed by atoms with Crippen LogP contribution in [0.1, 0.15) is 295 Å². The van der Waals surface area contributed by atoms with Crippen molar-refractivity contribution in [3.05, 3.63) is 120 Å². The van der Waals surface area contributed by atoms with Crippen LogP contribution in [0.3, 0.4) is 0 Å². The van der Waals surface area contributed by atoms with Crippen molar-refractivity contribution in [1.29, 1.82) is 0 Å². The Labute approximate surface area is 549 Å². The van der Waals surface area contributed by atoms with Gasteiger partial charge in [0.1, 0.15) is 20.2 Å². The molecule has 2 aliphatic rings. The van der Waals surface area contributed by atoms with Gasteiger partial charge in [0.15, 0.2) is 0 Å². The van der Waals surface area contributed by atoms with Gasteiger partial charge < -0.3 is 29.5 Å². The molecule has 0 aromatic heterocycles. The fourth-order valence-electron chi connectivity index (χ4n) is 12.8. The second kappa shape index (κ2) is 43.8. The maximum absolute atomic E-state index is 12.8. The summed E-state index contributed by atoms with van der Waals surface area (Å²) in [6, 6.07) is 34.6. The zero-order chi connectivity index (χ0) is 59.9. The molecule has 0 bridgehead atoms. The summed E-state index contributed by atoms with van der Waals surface area (Å²) in [5, 5.41) is 6.29. The number of benzene rings is 4. The van der Waals surface area contributed by atoms with Crippen molar-refractivity contribution >= 4 is 80.7 Å². The average Bonchev–Trinajstić information content (AvgIpc) is 3.40. The van der Waals surface area contributed by atoms with Gasteiger partial charge in [-0.2, -0.15) is 0 Å². The molecule has 13 heteroatoms. The molecule has 472 valence electrons. The summed E-state index contributed by atoms with van der Waals surface area (Å²) in [5.74, 6) is 0. The smallest absolute Gasteiger partial charge is 0.745 e. The molecule has 0 fully saturated rings. The zero-order valence-corrected chi connectivity index (χ0v) is 57.2. The van der Waals surface area contributed by atoms with E-state index >= 15 is 0 Å². The first-order valence-electron chi connectivity index (χ1n) is 34.2. The van der Waals surface area contributed by atoms with Gasteiger partial charge >= 0.3 is 37.7 Å². The van der Waals surface area contributed by atoms with Crippen molar-refractivity contribution in [3.8, 4) is 0 Å². The van der Waals surface area contributed by atoms with Crippen LogP contribution in [0.2, 0.25) is 0 Å². The van der Waals surface area contributed by atoms with Crippen LogP contribution < -0.4 is 20.4 Å². The Morgan fingerprint density at radius 1 is 0.318 bits per heavy atom. The summed E-state index contributed by atoms with van der Waals surface area (Å²) in [6.45, 7) is 5.30. The van der Waals surface area contributed by atoms with E-state index < -0.39 is 30.2 Å². The zero-order valence-electron chi connectivity index (χ0n) is 53.4. The molecule has 2 aliphatic heterocycles. The first kappa shape index (κ1) is 74.6. The van der Waals surface area contributed by atoms with Crippen LogP contribution in [-0.2, 0) is 33.3 Å². The first-order valence-corrected chi connectivity index (χ1v) is 37.1. The largest absolute Gasteiger partial charge is 2.00 e. The van der Waals surface area contributed by atoms with Crippen LogP contribution in [0.25, 0.3) is 0 Å². The Hall–Kier alpha value is -2.84. The van der Waals surface area contributed by atoms with Crippen molar-refractivity contribution in [2.75, 3.05) is 20.4 Å². The van der Waals surface area contributed by atoms with E-state index in [9.17, 15) is 25.9 Å². The number of nitrogens with one attached hydrogen (secondary N) is 2. The van der Waals surface area contributed by atoms with E-state index in [1.165, 1.54) is 218 Å². The quantitative estimate of drug-likeness (QED) is 0.0249. The van der Waals surface area contributed by atoms with Crippen LogP contribution in [0.4, 0.5) is 22.7 Å². The van der Waals surface area contributed by atoms with E-state index in [0.717, 1.165) is 48.2 Å². The number of nitrogens with zero attached hydrogens (tertiary/aromatic N) is 2. The summed E-state index contributed by atoms with van der Waals surface area (Å²) in [5.41, 5.74) is 4.92. The van der Waals surface area contributed by atoms with E-state index in [1.807, 2.05) is 109 Å². The predicted octanol–water partition coefficient (Wildman–Crippen LogP) is 20.7. The molecule has 0 spiro atoms. The van der Waals surface area contributed by atoms with Crippen LogP contribution in [0, 0.1) is 0 Å². The number of fused-ring (bicyclic) bond motifs is 2. The van der Waals surface area contributed by atoms with E-state index in [2.05, 4.69) is 24.5 Å². The number of hydrogen-bond acceptors (Lipinski definition) is 10. The predicted molar refractivity (Wildman–Crippen MR) is 361 cm³/mol. The molecule has 2 N–H and O–H groups in total. The molecular weight excluding hydrogens is 1120 g/mol. The van der Waals surface area contributed by atoms with Crippen molar-refractivity contribution in [2.24, 2.45) is 0 Å². The van der Waals surface area contributed by atoms with Crippen LogP contribution >= 0.6 is 0 Å². The fourth-order valence-corrected chi connectivity index (χ4v) is 14.9. The minimum atomic E-state index is -4.66. The van der Waals surface area contributed by atoms with Gasteiger partial charge in [-0.25, -0.2) is 16.8 Å². The second-order valence-electron chi connectivity index (χ2n) is 24.8. The monoisotopic (exact) mass is 1230 g/mol. The van der Waals surface area contributed by atoms with Crippen molar-refractivity contribution in [2.45, 2.75) is 307 Å². The molecule has 0 saturated carbocycles. The van der Waals surface area contributed by atoms with Gasteiger partial charge in [-0.15, -0.1) is 0 Å². The number of unbranched alkanes of at least 4 members (excludes halogenated alkanes) is 38. The molecule has 2 heterocycles. The van der Waals surface area contributed by atoms with E-state index in [4.69, 9.17) is 0 Å². The maximum Gasteiger partial charge on any atom is 2.00 e. The molecule has 0 amide bonds. The Kier molecular flexibility index (Phi) is 38.4. The first-order chi connectivity index (χ1) is 41.0. The number of hydrogen-bond donors (Lipinski definition) is 2. The Balaban J connectivity index is 0.000000360. The van der Waals surface area contributed by atoms with Crippen molar-refractivity contribution < 1.29 is 25.9 Å². The van der Waals surface area contributed by atoms with Gasteiger partial charge in [0, 0.05) is 25.9 Å². The standard InChI is InChI=1S/2C36H58N2O3S.Ca/c2*1-2-3-4-5-6-7-8-9-10-11-12-13-14-15-16-17-18-19-20-26-31-36(42(39,40)41)37-34-29-24-25-30-35(34)38(36)32-33-27-22-21-23-28-33;/h2*21-25,27-30,37H,2-20,26,31-32H2,1H3,(H,39,40,41);/q;;+2/p-2. The summed E-state index contributed by atoms with van der Waals surface area (Å²) < 4.78 is 76.8. The summed E-state index contributed by atoms with van der Waals surface area (Å²) in [4.78, 5) is 0.243. The summed E-state index contributed by atoms with van der Waals surface area (Å²) in [7, 11) is -9.32. The third kappa shape index (κ3) is 27.0. The van der Waals surface area contributed by atoms with E-state index in [1.54, 1.807) is 9.80 Å². The third-order valence-electron chi connectivity index (χ3n) is 17.9. The van der Waals surface area contributed by atoms with Crippen LogP contribution in [-0.4, -0.2) is 73.7 Å². The van der Waals surface area contributed by atoms with Gasteiger partial charge in [0.05, 0.1) is 22.7 Å². The molecule has 0 aliphatic carbocycles. The molecule has 4 aromatic carbocycles. The van der Waals surface area contributed by atoms with Crippen LogP contribution in [0.15, 0.2) is 109 Å². The third-order valence-corrected chi connectivity index (χ3v) is 20.6. The minimum absolute atomic E-state index is 0. The molecule has 2 unspecified atom stereocenters. The topological polar surface area (TPSA) is 145 Å². The van der Waals surface area contributed by atoms with Gasteiger partial charge in [-0.05, 0) is 48.2 Å². The Morgan fingerprint density at radius 3 is 0.765 bits per heavy atom. The molecule has 2 atom stereocenters. The molecule has 85 heavy (non-hydrogen) atoms. The van der Waals surface area contributed by atoms with E-state index in [0.29, 0.717) is 37.3 Å². The Bertz CT molecular complexity index is 2370. The minimum Gasteiger partial charge on any atom is -0.745 e. The van der Waals surface area contributed by atoms with Crippen molar-refractivity contribution in [3.63, 3.8) is 0 Å². The molecule has 10 nitrogen and oxygen atoms in total. The SMILES string of the molecule is CCCCCCCCCCCCCCCCCCCCCCC1(S(=O)(=O)[O-])Nc2ccccc2N1Cc1ccccc1.CCCCCCCCCCCCCCCCCCCCCCC1(S(=O)(=O)[O-])Nc2ccccc2N1Cc1ccccc1.[Ca+2]. The van der Waals surface area contributed by atoms with Crippen molar-refractivity contribution in [1.82, 2.24) is 0 Å². The maximum atomic E-state index is 12.8. The number of anilines is 4. The summed E-state index contributed by atoms with van der Waals surface area (Å²) in [6.07, 6.45) is 52.5.